The van der Waals surface area contributed by atoms with Crippen LogP contribution < -0.4 is 15.4 Å². The summed E-state index contributed by atoms with van der Waals surface area (Å²) in [5.74, 6) is 0.714. The molecule has 2 rings (SSSR count). The molecule has 0 radical (unpaired) electrons. The number of hydrogen-bond donors (Lipinski definition) is 2. The third-order valence-corrected chi connectivity index (χ3v) is 4.17. The van der Waals surface area contributed by atoms with E-state index in [0.29, 0.717) is 12.4 Å². The van der Waals surface area contributed by atoms with Crippen LogP contribution in [0.2, 0.25) is 0 Å². The van der Waals surface area contributed by atoms with Crippen molar-refractivity contribution in [2.24, 2.45) is 5.41 Å². The van der Waals surface area contributed by atoms with Gasteiger partial charge in [-0.3, -0.25) is 4.79 Å². The lowest BCUT2D eigenvalue weighted by Crippen LogP contribution is -2.50. The number of nitrogens with zero attached hydrogens (tertiary/aromatic N) is 1. The molecule has 5 heteroatoms. The van der Waals surface area contributed by atoms with Crippen molar-refractivity contribution in [3.05, 3.63) is 23.9 Å². The van der Waals surface area contributed by atoms with Gasteiger partial charge in [0.25, 0.3) is 0 Å². The Bertz CT molecular complexity index is 465. The quantitative estimate of drug-likeness (QED) is 0.840. The number of amides is 1. The first-order valence-electron chi connectivity index (χ1n) is 7.69. The molecule has 21 heavy (non-hydrogen) atoms. The van der Waals surface area contributed by atoms with Crippen molar-refractivity contribution in [1.82, 2.24) is 15.6 Å². The molecule has 0 bridgehead atoms. The van der Waals surface area contributed by atoms with Crippen molar-refractivity contribution >= 4 is 5.91 Å². The van der Waals surface area contributed by atoms with E-state index in [0.717, 1.165) is 44.3 Å². The zero-order valence-corrected chi connectivity index (χ0v) is 12.9. The minimum absolute atomic E-state index is 0.141. The van der Waals surface area contributed by atoms with Crippen LogP contribution >= 0.6 is 0 Å². The van der Waals surface area contributed by atoms with Crippen LogP contribution in [0, 0.1) is 5.41 Å². The monoisotopic (exact) mass is 291 g/mol. The van der Waals surface area contributed by atoms with Crippen molar-refractivity contribution in [3.63, 3.8) is 0 Å². The Kier molecular flexibility index (Phi) is 5.56. The number of ether oxygens (including phenoxy) is 1. The van der Waals surface area contributed by atoms with Gasteiger partial charge in [0.15, 0.2) is 0 Å². The van der Waals surface area contributed by atoms with Gasteiger partial charge in [0.2, 0.25) is 11.8 Å². The normalized spacial score (nSPS) is 21.8. The Morgan fingerprint density at radius 3 is 3.10 bits per heavy atom. The fourth-order valence-corrected chi connectivity index (χ4v) is 3.07. The van der Waals surface area contributed by atoms with Gasteiger partial charge in [0.1, 0.15) is 0 Å². The summed E-state index contributed by atoms with van der Waals surface area (Å²) in [6.45, 7) is 4.38. The van der Waals surface area contributed by atoms with E-state index in [4.69, 9.17) is 4.74 Å². The number of rotatable bonds is 6. The number of methoxy groups -OCH3 is 1. The molecule has 1 aromatic heterocycles. The summed E-state index contributed by atoms with van der Waals surface area (Å²) in [7, 11) is 1.59. The van der Waals surface area contributed by atoms with E-state index in [1.54, 1.807) is 13.3 Å². The molecule has 2 N–H and O–H groups in total. The highest BCUT2D eigenvalue weighted by Gasteiger charge is 2.38. The van der Waals surface area contributed by atoms with Gasteiger partial charge in [-0.2, -0.15) is 0 Å². The van der Waals surface area contributed by atoms with E-state index in [2.05, 4.69) is 22.5 Å². The summed E-state index contributed by atoms with van der Waals surface area (Å²) in [4.78, 5) is 16.8. The largest absolute Gasteiger partial charge is 0.481 e. The molecule has 1 fully saturated rings. The molecular formula is C16H25N3O2. The lowest BCUT2D eigenvalue weighted by atomic mass is 9.76. The number of nitrogens with one attached hydrogen (secondary N) is 2. The van der Waals surface area contributed by atoms with Crippen molar-refractivity contribution in [3.8, 4) is 5.88 Å². The van der Waals surface area contributed by atoms with Gasteiger partial charge >= 0.3 is 0 Å². The predicted octanol–water partition coefficient (Wildman–Crippen LogP) is 1.88. The van der Waals surface area contributed by atoms with E-state index in [9.17, 15) is 4.79 Å². The van der Waals surface area contributed by atoms with Gasteiger partial charge in [0.05, 0.1) is 12.5 Å². The van der Waals surface area contributed by atoms with Gasteiger partial charge in [-0.05, 0) is 31.9 Å². The summed E-state index contributed by atoms with van der Waals surface area (Å²) >= 11 is 0. The zero-order chi connectivity index (χ0) is 15.1. The molecule has 116 valence electrons. The number of pyridine rings is 1. The molecule has 0 saturated carbocycles. The van der Waals surface area contributed by atoms with Gasteiger partial charge in [-0.15, -0.1) is 0 Å². The van der Waals surface area contributed by atoms with Crippen LogP contribution in [0.25, 0.3) is 0 Å². The number of aromatic nitrogens is 1. The lowest BCUT2D eigenvalue weighted by Gasteiger charge is -2.36. The number of piperidine rings is 1. The molecule has 0 aromatic carbocycles. The van der Waals surface area contributed by atoms with Gasteiger partial charge in [-0.1, -0.05) is 19.4 Å². The Labute approximate surface area is 126 Å². The van der Waals surface area contributed by atoms with E-state index < -0.39 is 0 Å². The van der Waals surface area contributed by atoms with Crippen molar-refractivity contribution < 1.29 is 9.53 Å². The molecule has 1 atom stereocenters. The Hall–Kier alpha value is -1.62. The van der Waals surface area contributed by atoms with Crippen LogP contribution in [0.1, 0.15) is 38.2 Å². The zero-order valence-electron chi connectivity index (χ0n) is 12.9. The summed E-state index contributed by atoms with van der Waals surface area (Å²) in [6, 6.07) is 3.78. The smallest absolute Gasteiger partial charge is 0.227 e. The Morgan fingerprint density at radius 1 is 1.57 bits per heavy atom. The molecule has 0 aliphatic carbocycles. The fourth-order valence-electron chi connectivity index (χ4n) is 3.07. The fraction of sp³-hybridized carbons (Fsp3) is 0.625. The first kappa shape index (κ1) is 15.8. The van der Waals surface area contributed by atoms with E-state index in [1.165, 1.54) is 0 Å². The summed E-state index contributed by atoms with van der Waals surface area (Å²) in [6.07, 6.45) is 5.66. The minimum Gasteiger partial charge on any atom is -0.481 e. The van der Waals surface area contributed by atoms with Gasteiger partial charge < -0.3 is 15.4 Å². The highest BCUT2D eigenvalue weighted by atomic mass is 16.5. The highest BCUT2D eigenvalue weighted by molar-refractivity contribution is 5.83. The Morgan fingerprint density at radius 2 is 2.43 bits per heavy atom. The summed E-state index contributed by atoms with van der Waals surface area (Å²) in [5.41, 5.74) is 0.645. The van der Waals surface area contributed by atoms with Gasteiger partial charge in [0, 0.05) is 24.8 Å². The van der Waals surface area contributed by atoms with Crippen LogP contribution in [0.3, 0.4) is 0 Å². The Balaban J connectivity index is 2.02. The highest BCUT2D eigenvalue weighted by Crippen LogP contribution is 2.32. The van der Waals surface area contributed by atoms with Crippen LogP contribution in [-0.2, 0) is 11.3 Å². The molecule has 1 unspecified atom stereocenters. The minimum atomic E-state index is -0.261. The maximum absolute atomic E-state index is 12.7. The molecular weight excluding hydrogens is 266 g/mol. The molecule has 1 aromatic rings. The molecule has 1 aliphatic heterocycles. The second-order valence-corrected chi connectivity index (χ2v) is 5.67. The first-order chi connectivity index (χ1) is 10.2. The molecule has 1 saturated heterocycles. The van der Waals surface area contributed by atoms with Crippen LogP contribution in [0.15, 0.2) is 18.3 Å². The number of hydrogen-bond acceptors (Lipinski definition) is 4. The van der Waals surface area contributed by atoms with Gasteiger partial charge in [-0.25, -0.2) is 4.98 Å². The third kappa shape index (κ3) is 3.73. The van der Waals surface area contributed by atoms with E-state index >= 15 is 0 Å². The molecule has 2 heterocycles. The molecule has 1 amide bonds. The summed E-state index contributed by atoms with van der Waals surface area (Å²) in [5, 5.41) is 6.43. The first-order valence-corrected chi connectivity index (χ1v) is 7.69. The third-order valence-electron chi connectivity index (χ3n) is 4.17. The molecule has 5 nitrogen and oxygen atoms in total. The van der Waals surface area contributed by atoms with E-state index in [1.807, 2.05) is 12.1 Å². The SMILES string of the molecule is CCCC1(C(=O)NCc2cccnc2OC)CCCNC1. The second kappa shape index (κ2) is 7.41. The summed E-state index contributed by atoms with van der Waals surface area (Å²) < 4.78 is 5.22. The standard InChI is InChI=1S/C16H25N3O2/c1-3-7-16(8-5-9-17-12-16)15(20)19-11-13-6-4-10-18-14(13)21-2/h4,6,10,17H,3,5,7-9,11-12H2,1-2H3,(H,19,20). The second-order valence-electron chi connectivity index (χ2n) is 5.67. The van der Waals surface area contributed by atoms with Crippen molar-refractivity contribution in [2.45, 2.75) is 39.2 Å². The topological polar surface area (TPSA) is 63.2 Å². The van der Waals surface area contributed by atoms with Crippen LogP contribution in [0.5, 0.6) is 5.88 Å². The number of carbonyl (C=O) groups is 1. The van der Waals surface area contributed by atoms with E-state index in [-0.39, 0.29) is 11.3 Å². The lowest BCUT2D eigenvalue weighted by molar-refractivity contribution is -0.132. The predicted molar refractivity (Wildman–Crippen MR) is 82.1 cm³/mol. The average molecular weight is 291 g/mol. The average Bonchev–Trinajstić information content (AvgIpc) is 2.54. The van der Waals surface area contributed by atoms with Crippen LogP contribution in [0.4, 0.5) is 0 Å². The van der Waals surface area contributed by atoms with Crippen LogP contribution in [-0.4, -0.2) is 31.1 Å². The van der Waals surface area contributed by atoms with Crippen molar-refractivity contribution in [2.75, 3.05) is 20.2 Å². The van der Waals surface area contributed by atoms with Crippen molar-refractivity contribution in [1.29, 1.82) is 0 Å². The molecule has 1 aliphatic rings. The maximum atomic E-state index is 12.7. The number of carbonyl (C=O) groups excluding carboxylic acids is 1. The maximum Gasteiger partial charge on any atom is 0.227 e. The molecule has 0 spiro atoms.